The molecular formula is C19H33IN4O3S. The van der Waals surface area contributed by atoms with Crippen LogP contribution in [-0.4, -0.2) is 58.6 Å². The molecule has 2 N–H and O–H groups in total. The molecule has 2 rings (SSSR count). The van der Waals surface area contributed by atoms with Crippen LogP contribution in [0, 0.1) is 0 Å². The molecule has 1 aromatic rings. The van der Waals surface area contributed by atoms with Gasteiger partial charge in [0.1, 0.15) is 0 Å². The number of morpholine rings is 1. The molecule has 1 aromatic carbocycles. The highest BCUT2D eigenvalue weighted by molar-refractivity contribution is 14.0. The van der Waals surface area contributed by atoms with Gasteiger partial charge in [-0.25, -0.2) is 8.42 Å². The second-order valence-corrected chi connectivity index (χ2v) is 8.56. The van der Waals surface area contributed by atoms with Crippen LogP contribution in [0.3, 0.4) is 0 Å². The first-order chi connectivity index (χ1) is 13.1. The zero-order chi connectivity index (χ0) is 19.5. The van der Waals surface area contributed by atoms with Gasteiger partial charge in [-0.1, -0.05) is 44.0 Å². The molecule has 7 nitrogen and oxygen atoms in total. The van der Waals surface area contributed by atoms with Gasteiger partial charge in [0.2, 0.25) is 10.0 Å². The minimum absolute atomic E-state index is 0. The minimum atomic E-state index is -3.34. The summed E-state index contributed by atoms with van der Waals surface area (Å²) in [5, 5.41) is 6.57. The van der Waals surface area contributed by atoms with Crippen LogP contribution < -0.4 is 10.6 Å². The Balaban J connectivity index is 0.00000392. The van der Waals surface area contributed by atoms with Gasteiger partial charge in [-0.05, 0) is 17.5 Å². The minimum Gasteiger partial charge on any atom is -0.379 e. The highest BCUT2D eigenvalue weighted by Gasteiger charge is 2.25. The second kappa shape index (κ2) is 13.3. The molecule has 1 aliphatic rings. The summed E-state index contributed by atoms with van der Waals surface area (Å²) in [6, 6.07) is 7.65. The zero-order valence-corrected chi connectivity index (χ0v) is 20.0. The molecule has 0 bridgehead atoms. The normalized spacial score (nSPS) is 15.7. The van der Waals surface area contributed by atoms with Crippen LogP contribution in [0.15, 0.2) is 29.3 Å². The molecule has 1 aliphatic heterocycles. The highest BCUT2D eigenvalue weighted by Crippen LogP contribution is 2.16. The van der Waals surface area contributed by atoms with Crippen LogP contribution in [0.4, 0.5) is 0 Å². The average molecular weight is 524 g/mol. The molecule has 0 atom stereocenters. The van der Waals surface area contributed by atoms with Crippen LogP contribution in [0.5, 0.6) is 0 Å². The number of nitrogens with one attached hydrogen (secondary N) is 2. The Bertz CT molecular complexity index is 707. The topological polar surface area (TPSA) is 83.0 Å². The Labute approximate surface area is 186 Å². The Morgan fingerprint density at radius 3 is 2.46 bits per heavy atom. The molecule has 0 amide bonds. The van der Waals surface area contributed by atoms with Gasteiger partial charge in [-0.3, -0.25) is 4.99 Å². The zero-order valence-electron chi connectivity index (χ0n) is 16.8. The van der Waals surface area contributed by atoms with E-state index in [-0.39, 0.29) is 29.7 Å². The molecule has 1 fully saturated rings. The third-order valence-electron chi connectivity index (χ3n) is 4.56. The van der Waals surface area contributed by atoms with E-state index < -0.39 is 10.0 Å². The Kier molecular flexibility index (Phi) is 12.0. The number of nitrogens with zero attached hydrogens (tertiary/aromatic N) is 2. The van der Waals surface area contributed by atoms with E-state index in [4.69, 9.17) is 4.74 Å². The van der Waals surface area contributed by atoms with E-state index in [0.29, 0.717) is 32.8 Å². The van der Waals surface area contributed by atoms with Crippen molar-refractivity contribution < 1.29 is 13.2 Å². The molecule has 0 aliphatic carbocycles. The monoisotopic (exact) mass is 524 g/mol. The molecule has 0 radical (unpaired) electrons. The summed E-state index contributed by atoms with van der Waals surface area (Å²) >= 11 is 0. The van der Waals surface area contributed by atoms with Gasteiger partial charge in [0.15, 0.2) is 5.96 Å². The fourth-order valence-corrected chi connectivity index (χ4v) is 4.53. The number of unbranched alkanes of at least 4 members (excludes halogenated alkanes) is 2. The van der Waals surface area contributed by atoms with Crippen molar-refractivity contribution in [3.63, 3.8) is 0 Å². The van der Waals surface area contributed by atoms with Crippen molar-refractivity contribution in [1.29, 1.82) is 0 Å². The first-order valence-corrected chi connectivity index (χ1v) is 11.2. The van der Waals surface area contributed by atoms with Gasteiger partial charge in [-0.2, -0.15) is 4.31 Å². The molecule has 0 saturated carbocycles. The number of aliphatic imine (C=N–C) groups is 1. The molecule has 160 valence electrons. The summed E-state index contributed by atoms with van der Waals surface area (Å²) in [7, 11) is -1.60. The lowest BCUT2D eigenvalue weighted by molar-refractivity contribution is 0.0729. The number of halogens is 1. The number of ether oxygens (including phenoxy) is 1. The third-order valence-corrected chi connectivity index (χ3v) is 6.39. The van der Waals surface area contributed by atoms with Crippen LogP contribution in [0.25, 0.3) is 0 Å². The number of benzene rings is 1. The Hall–Kier alpha value is -0.910. The van der Waals surface area contributed by atoms with E-state index in [1.807, 2.05) is 24.3 Å². The first kappa shape index (κ1) is 25.1. The average Bonchev–Trinajstić information content (AvgIpc) is 2.69. The SMILES string of the molecule is CCCCCNC(=NC)NCc1ccccc1CS(=O)(=O)N1CCOCC1.I. The van der Waals surface area contributed by atoms with Gasteiger partial charge in [-0.15, -0.1) is 24.0 Å². The van der Waals surface area contributed by atoms with E-state index in [1.54, 1.807) is 7.05 Å². The predicted octanol–water partition coefficient (Wildman–Crippen LogP) is 2.32. The van der Waals surface area contributed by atoms with E-state index in [9.17, 15) is 8.42 Å². The maximum absolute atomic E-state index is 12.7. The third kappa shape index (κ3) is 8.22. The van der Waals surface area contributed by atoms with Crippen LogP contribution in [-0.2, 0) is 27.1 Å². The van der Waals surface area contributed by atoms with Crippen LogP contribution in [0.2, 0.25) is 0 Å². The Morgan fingerprint density at radius 2 is 1.82 bits per heavy atom. The van der Waals surface area contributed by atoms with Crippen LogP contribution >= 0.6 is 24.0 Å². The largest absolute Gasteiger partial charge is 0.379 e. The number of hydrogen-bond acceptors (Lipinski definition) is 4. The standard InChI is InChI=1S/C19H32N4O3S.HI/c1-3-4-7-10-21-19(20-2)22-15-17-8-5-6-9-18(17)16-27(24,25)23-11-13-26-14-12-23;/h5-6,8-9H,3-4,7,10-16H2,1-2H3,(H2,20,21,22);1H. The molecule has 0 unspecified atom stereocenters. The maximum atomic E-state index is 12.7. The fraction of sp³-hybridized carbons (Fsp3) is 0.632. The molecule has 9 heteroatoms. The quantitative estimate of drug-likeness (QED) is 0.224. The van der Waals surface area contributed by atoms with E-state index in [1.165, 1.54) is 17.1 Å². The van der Waals surface area contributed by atoms with Gasteiger partial charge < -0.3 is 15.4 Å². The van der Waals surface area contributed by atoms with Crippen LogP contribution in [0.1, 0.15) is 37.3 Å². The predicted molar refractivity (Wildman–Crippen MR) is 125 cm³/mol. The summed E-state index contributed by atoms with van der Waals surface area (Å²) < 4.78 is 32.2. The van der Waals surface area contributed by atoms with Gasteiger partial charge >= 0.3 is 0 Å². The van der Waals surface area contributed by atoms with Crippen molar-refractivity contribution in [3.8, 4) is 0 Å². The lowest BCUT2D eigenvalue weighted by atomic mass is 10.1. The Morgan fingerprint density at radius 1 is 1.14 bits per heavy atom. The van der Waals surface area contributed by atoms with Crippen molar-refractivity contribution in [1.82, 2.24) is 14.9 Å². The van der Waals surface area contributed by atoms with Crippen molar-refractivity contribution in [2.75, 3.05) is 39.9 Å². The summed E-state index contributed by atoms with van der Waals surface area (Å²) in [5.74, 6) is 0.741. The first-order valence-electron chi connectivity index (χ1n) is 9.63. The van der Waals surface area contributed by atoms with Crippen molar-refractivity contribution >= 4 is 40.0 Å². The number of hydrogen-bond donors (Lipinski definition) is 2. The lowest BCUT2D eigenvalue weighted by Gasteiger charge is -2.26. The van der Waals surface area contributed by atoms with Gasteiger partial charge in [0, 0.05) is 33.2 Å². The van der Waals surface area contributed by atoms with E-state index >= 15 is 0 Å². The van der Waals surface area contributed by atoms with Gasteiger partial charge in [0.05, 0.1) is 19.0 Å². The fourth-order valence-electron chi connectivity index (χ4n) is 2.96. The maximum Gasteiger partial charge on any atom is 0.218 e. The smallest absolute Gasteiger partial charge is 0.218 e. The molecule has 28 heavy (non-hydrogen) atoms. The lowest BCUT2D eigenvalue weighted by Crippen LogP contribution is -2.41. The number of rotatable bonds is 9. The molecular weight excluding hydrogens is 491 g/mol. The van der Waals surface area contributed by atoms with E-state index in [2.05, 4.69) is 22.5 Å². The number of guanidine groups is 1. The molecule has 1 heterocycles. The summed E-state index contributed by atoms with van der Waals surface area (Å²) in [6.45, 7) is 5.36. The van der Waals surface area contributed by atoms with Crippen molar-refractivity contribution in [2.24, 2.45) is 4.99 Å². The number of sulfonamides is 1. The summed E-state index contributed by atoms with van der Waals surface area (Å²) in [5.41, 5.74) is 1.78. The molecule has 1 saturated heterocycles. The second-order valence-electron chi connectivity index (χ2n) is 6.60. The van der Waals surface area contributed by atoms with Crippen molar-refractivity contribution in [3.05, 3.63) is 35.4 Å². The highest BCUT2D eigenvalue weighted by atomic mass is 127. The van der Waals surface area contributed by atoms with E-state index in [0.717, 1.165) is 30.1 Å². The van der Waals surface area contributed by atoms with Gasteiger partial charge in [0.25, 0.3) is 0 Å². The van der Waals surface area contributed by atoms with Crippen molar-refractivity contribution in [2.45, 2.75) is 38.5 Å². The molecule has 0 aromatic heterocycles. The molecule has 0 spiro atoms. The summed E-state index contributed by atoms with van der Waals surface area (Å²) in [4.78, 5) is 4.23. The summed E-state index contributed by atoms with van der Waals surface area (Å²) in [6.07, 6.45) is 3.47.